The molecule has 2 aromatic heterocycles. The molecule has 134 valence electrons. The number of carbonyl (C=O) groups is 2. The van der Waals surface area contributed by atoms with E-state index in [1.807, 2.05) is 35.7 Å². The highest BCUT2D eigenvalue weighted by atomic mass is 16.5. The van der Waals surface area contributed by atoms with Crippen molar-refractivity contribution in [3.8, 4) is 0 Å². The van der Waals surface area contributed by atoms with Gasteiger partial charge in [-0.2, -0.15) is 0 Å². The van der Waals surface area contributed by atoms with Gasteiger partial charge in [-0.25, -0.2) is 4.98 Å². The van der Waals surface area contributed by atoms with Crippen molar-refractivity contribution >= 4 is 17.5 Å². The second-order valence-corrected chi connectivity index (χ2v) is 6.70. The molecule has 25 heavy (non-hydrogen) atoms. The van der Waals surface area contributed by atoms with Gasteiger partial charge in [0.2, 0.25) is 11.8 Å². The van der Waals surface area contributed by atoms with E-state index in [0.29, 0.717) is 13.2 Å². The average Bonchev–Trinajstić information content (AvgIpc) is 3.09. The monoisotopic (exact) mass is 344 g/mol. The van der Waals surface area contributed by atoms with Crippen LogP contribution in [0.5, 0.6) is 0 Å². The molecule has 0 unspecified atom stereocenters. The largest absolute Gasteiger partial charge is 0.382 e. The first-order valence-electron chi connectivity index (χ1n) is 8.47. The van der Waals surface area contributed by atoms with Crippen LogP contribution in [0, 0.1) is 6.92 Å². The van der Waals surface area contributed by atoms with Crippen LogP contribution >= 0.6 is 0 Å². The Labute approximate surface area is 146 Å². The van der Waals surface area contributed by atoms with Crippen molar-refractivity contribution < 1.29 is 14.3 Å². The van der Waals surface area contributed by atoms with E-state index in [0.717, 1.165) is 29.9 Å². The summed E-state index contributed by atoms with van der Waals surface area (Å²) in [7, 11) is 1.58. The van der Waals surface area contributed by atoms with Crippen LogP contribution in [0.4, 0.5) is 0 Å². The number of imidazole rings is 1. The molecule has 1 fully saturated rings. The maximum absolute atomic E-state index is 13.1. The van der Waals surface area contributed by atoms with Crippen LogP contribution in [0.15, 0.2) is 24.4 Å². The van der Waals surface area contributed by atoms with Gasteiger partial charge in [0.1, 0.15) is 5.65 Å². The van der Waals surface area contributed by atoms with Gasteiger partial charge < -0.3 is 19.8 Å². The summed E-state index contributed by atoms with van der Waals surface area (Å²) >= 11 is 0. The molecule has 0 aliphatic carbocycles. The lowest BCUT2D eigenvalue weighted by atomic mass is 9.92. The van der Waals surface area contributed by atoms with Crippen LogP contribution in [0.2, 0.25) is 0 Å². The normalized spacial score (nSPS) is 20.3. The van der Waals surface area contributed by atoms with Crippen molar-refractivity contribution in [1.82, 2.24) is 14.3 Å². The summed E-state index contributed by atoms with van der Waals surface area (Å²) in [5.74, 6) is -0.438. The summed E-state index contributed by atoms with van der Waals surface area (Å²) in [6.07, 6.45) is 3.84. The third-order valence-electron chi connectivity index (χ3n) is 4.96. The number of primary amides is 1. The molecule has 1 saturated heterocycles. The molecule has 3 heterocycles. The lowest BCUT2D eigenvalue weighted by molar-refractivity contribution is -0.138. The molecule has 2 amide bonds. The van der Waals surface area contributed by atoms with Crippen LogP contribution in [-0.4, -0.2) is 51.9 Å². The van der Waals surface area contributed by atoms with E-state index in [1.54, 1.807) is 12.0 Å². The number of methoxy groups -OCH3 is 1. The molecule has 7 heteroatoms. The zero-order valence-electron chi connectivity index (χ0n) is 14.7. The summed E-state index contributed by atoms with van der Waals surface area (Å²) in [6.45, 7) is 2.84. The molecular formula is C18H24N4O3. The number of hydrogen-bond donors (Lipinski definition) is 1. The number of ether oxygens (including phenoxy) is 1. The quantitative estimate of drug-likeness (QED) is 0.849. The zero-order valence-corrected chi connectivity index (χ0v) is 14.7. The topological polar surface area (TPSA) is 89.9 Å². The minimum Gasteiger partial charge on any atom is -0.382 e. The van der Waals surface area contributed by atoms with Gasteiger partial charge in [-0.3, -0.25) is 9.59 Å². The Hall–Kier alpha value is -2.41. The van der Waals surface area contributed by atoms with Crippen molar-refractivity contribution in [2.75, 3.05) is 20.3 Å². The van der Waals surface area contributed by atoms with Gasteiger partial charge >= 0.3 is 0 Å². The first kappa shape index (κ1) is 17.4. The number of nitrogens with two attached hydrogens (primary N) is 1. The minimum atomic E-state index is -0.633. The van der Waals surface area contributed by atoms with E-state index >= 15 is 0 Å². The molecule has 0 saturated carbocycles. The summed E-state index contributed by atoms with van der Waals surface area (Å²) < 4.78 is 7.26. The molecule has 0 spiro atoms. The Morgan fingerprint density at radius 3 is 2.92 bits per heavy atom. The summed E-state index contributed by atoms with van der Waals surface area (Å²) in [6, 6.07) is 5.75. The van der Waals surface area contributed by atoms with Crippen LogP contribution < -0.4 is 5.73 Å². The third-order valence-corrected chi connectivity index (χ3v) is 4.96. The maximum Gasteiger partial charge on any atom is 0.229 e. The molecule has 0 radical (unpaired) electrons. The SMILES string of the molecule is COC[C@@]1(CC(N)=O)CCCN1C(=O)Cc1c(C)nc2ccccn12. The van der Waals surface area contributed by atoms with E-state index < -0.39 is 11.4 Å². The van der Waals surface area contributed by atoms with E-state index in [2.05, 4.69) is 4.98 Å². The third kappa shape index (κ3) is 3.24. The molecule has 2 aromatic rings. The number of carbonyl (C=O) groups excluding carboxylic acids is 2. The van der Waals surface area contributed by atoms with Gasteiger partial charge in [-0.15, -0.1) is 0 Å². The van der Waals surface area contributed by atoms with Crippen molar-refractivity contribution in [3.05, 3.63) is 35.8 Å². The number of amides is 2. The van der Waals surface area contributed by atoms with Crippen LogP contribution in [0.25, 0.3) is 5.65 Å². The van der Waals surface area contributed by atoms with Crippen LogP contribution in [-0.2, 0) is 20.7 Å². The predicted molar refractivity (Wildman–Crippen MR) is 93.0 cm³/mol. The summed E-state index contributed by atoms with van der Waals surface area (Å²) in [5, 5.41) is 0. The van der Waals surface area contributed by atoms with Crippen molar-refractivity contribution in [1.29, 1.82) is 0 Å². The van der Waals surface area contributed by atoms with Crippen LogP contribution in [0.1, 0.15) is 30.7 Å². The lowest BCUT2D eigenvalue weighted by Crippen LogP contribution is -2.53. The average molecular weight is 344 g/mol. The molecule has 1 aliphatic rings. The molecule has 2 N–H and O–H groups in total. The second kappa shape index (κ2) is 6.84. The number of pyridine rings is 1. The Morgan fingerprint density at radius 1 is 1.40 bits per heavy atom. The van der Waals surface area contributed by atoms with Crippen molar-refractivity contribution in [2.45, 2.75) is 38.1 Å². The number of fused-ring (bicyclic) bond motifs is 1. The van der Waals surface area contributed by atoms with E-state index in [4.69, 9.17) is 10.5 Å². The van der Waals surface area contributed by atoms with Crippen molar-refractivity contribution in [3.63, 3.8) is 0 Å². The number of nitrogens with zero attached hydrogens (tertiary/aromatic N) is 3. The zero-order chi connectivity index (χ0) is 18.0. The molecule has 0 bridgehead atoms. The molecule has 1 aliphatic heterocycles. The summed E-state index contributed by atoms with van der Waals surface area (Å²) in [5.41, 5.74) is 7.34. The van der Waals surface area contributed by atoms with Gasteiger partial charge in [0.15, 0.2) is 0 Å². The smallest absolute Gasteiger partial charge is 0.229 e. The van der Waals surface area contributed by atoms with E-state index in [1.165, 1.54) is 0 Å². The molecular weight excluding hydrogens is 320 g/mol. The Balaban J connectivity index is 1.88. The molecule has 7 nitrogen and oxygen atoms in total. The van der Waals surface area contributed by atoms with Gasteiger partial charge in [-0.1, -0.05) is 6.07 Å². The first-order valence-corrected chi connectivity index (χ1v) is 8.47. The highest BCUT2D eigenvalue weighted by molar-refractivity contribution is 5.82. The van der Waals surface area contributed by atoms with E-state index in [-0.39, 0.29) is 18.7 Å². The highest BCUT2D eigenvalue weighted by Crippen LogP contribution is 2.33. The first-order chi connectivity index (χ1) is 12.0. The molecule has 0 aromatic carbocycles. The molecule has 3 rings (SSSR count). The number of likely N-dealkylation sites (tertiary alicyclic amines) is 1. The van der Waals surface area contributed by atoms with Crippen LogP contribution in [0.3, 0.4) is 0 Å². The van der Waals surface area contributed by atoms with Gasteiger partial charge in [0, 0.05) is 19.9 Å². The number of hydrogen-bond acceptors (Lipinski definition) is 4. The standard InChI is InChI=1S/C18H24N4O3/c1-13-14(21-8-4-3-6-16(21)20-13)10-17(24)22-9-5-7-18(22,12-25-2)11-15(19)23/h3-4,6,8H,5,7,9-12H2,1-2H3,(H2,19,23)/t18-/m0/s1. The number of aryl methyl sites for hydroxylation is 1. The fourth-order valence-corrected chi connectivity index (χ4v) is 3.92. The van der Waals surface area contributed by atoms with E-state index in [9.17, 15) is 9.59 Å². The number of rotatable bonds is 6. The predicted octanol–water partition coefficient (Wildman–Crippen LogP) is 1.07. The van der Waals surface area contributed by atoms with Gasteiger partial charge in [-0.05, 0) is 31.9 Å². The second-order valence-electron chi connectivity index (χ2n) is 6.70. The number of aromatic nitrogens is 2. The van der Waals surface area contributed by atoms with Gasteiger partial charge in [0.25, 0.3) is 0 Å². The minimum absolute atomic E-state index is 0.0236. The summed E-state index contributed by atoms with van der Waals surface area (Å²) in [4.78, 5) is 30.9. The lowest BCUT2D eigenvalue weighted by Gasteiger charge is -2.37. The van der Waals surface area contributed by atoms with Crippen molar-refractivity contribution in [2.24, 2.45) is 5.73 Å². The fraction of sp³-hybridized carbons (Fsp3) is 0.500. The Bertz CT molecular complexity index is 801. The highest BCUT2D eigenvalue weighted by Gasteiger charge is 2.44. The Kier molecular flexibility index (Phi) is 4.76. The maximum atomic E-state index is 13.1. The Morgan fingerprint density at radius 2 is 2.20 bits per heavy atom. The fourth-order valence-electron chi connectivity index (χ4n) is 3.92. The molecule has 1 atom stereocenters. The van der Waals surface area contributed by atoms with Gasteiger partial charge in [0.05, 0.1) is 36.4 Å².